The molecule has 0 aliphatic rings. The zero-order valence-electron chi connectivity index (χ0n) is 5.72. The van der Waals surface area contributed by atoms with Gasteiger partial charge in [-0.2, -0.15) is 0 Å². The second-order valence-electron chi connectivity index (χ2n) is 1.74. The monoisotopic (exact) mass is 110 g/mol. The molecule has 0 amide bonds. The molecule has 0 N–H and O–H groups in total. The first-order valence-corrected chi connectivity index (χ1v) is 3.19. The smallest absolute Gasteiger partial charge is 0.0350 e. The fourth-order valence-corrected chi connectivity index (χ4v) is 0.453. The van der Waals surface area contributed by atoms with Crippen LogP contribution in [0, 0.1) is 0 Å². The van der Waals surface area contributed by atoms with Gasteiger partial charge in [0.05, 0.1) is 0 Å². The highest BCUT2D eigenvalue weighted by atomic mass is 13.7. The van der Waals surface area contributed by atoms with E-state index in [-0.39, 0.29) is 0 Å². The Hall–Kier alpha value is -0.520. The summed E-state index contributed by atoms with van der Waals surface area (Å²) < 4.78 is 0. The summed E-state index contributed by atoms with van der Waals surface area (Å²) in [7, 11) is 0. The second-order valence-corrected chi connectivity index (χ2v) is 1.74. The molecule has 0 saturated heterocycles. The predicted molar refractivity (Wildman–Crippen MR) is 38.9 cm³/mol. The van der Waals surface area contributed by atoms with Gasteiger partial charge in [-0.05, 0) is 13.3 Å². The summed E-state index contributed by atoms with van der Waals surface area (Å²) in [5.41, 5.74) is 0. The van der Waals surface area contributed by atoms with Crippen molar-refractivity contribution in [2.45, 2.75) is 26.7 Å². The zero-order valence-corrected chi connectivity index (χ0v) is 5.72. The van der Waals surface area contributed by atoms with Crippen LogP contribution in [0.1, 0.15) is 26.7 Å². The Morgan fingerprint density at radius 1 is 1.25 bits per heavy atom. The summed E-state index contributed by atoms with van der Waals surface area (Å²) in [6.07, 6.45) is 10.8. The Morgan fingerprint density at radius 3 is 2.50 bits per heavy atom. The molecule has 0 unspecified atom stereocenters. The summed E-state index contributed by atoms with van der Waals surface area (Å²) in [6, 6.07) is 0. The van der Waals surface area contributed by atoms with Crippen LogP contribution in [0.2, 0.25) is 0 Å². The van der Waals surface area contributed by atoms with E-state index >= 15 is 0 Å². The lowest BCUT2D eigenvalue weighted by molar-refractivity contribution is 0.959. The number of hydrogen-bond donors (Lipinski definition) is 0. The van der Waals surface area contributed by atoms with Crippen molar-refractivity contribution >= 4 is 0 Å². The number of unbranched alkanes of at least 4 members (excludes halogenated alkanes) is 1. The summed E-state index contributed by atoms with van der Waals surface area (Å²) in [4.78, 5) is 0. The molecule has 0 fully saturated rings. The van der Waals surface area contributed by atoms with Crippen molar-refractivity contribution in [2.75, 3.05) is 0 Å². The maximum absolute atomic E-state index is 2.18. The Morgan fingerprint density at radius 2 is 2.00 bits per heavy atom. The van der Waals surface area contributed by atoms with E-state index in [1.807, 2.05) is 13.0 Å². The van der Waals surface area contributed by atoms with Gasteiger partial charge in [-0.25, -0.2) is 0 Å². The zero-order chi connectivity index (χ0) is 6.24. The van der Waals surface area contributed by atoms with Gasteiger partial charge in [-0.15, -0.1) is 0 Å². The summed E-state index contributed by atoms with van der Waals surface area (Å²) in [5.74, 6) is 0. The van der Waals surface area contributed by atoms with Crippen LogP contribution in [0.25, 0.3) is 0 Å². The molecule has 0 aromatic rings. The van der Waals surface area contributed by atoms with Gasteiger partial charge in [-0.3, -0.25) is 0 Å². The average molecular weight is 110 g/mol. The van der Waals surface area contributed by atoms with Gasteiger partial charge in [0.25, 0.3) is 0 Å². The van der Waals surface area contributed by atoms with Crippen LogP contribution >= 0.6 is 0 Å². The van der Waals surface area contributed by atoms with Crippen LogP contribution in [0.3, 0.4) is 0 Å². The van der Waals surface area contributed by atoms with Crippen molar-refractivity contribution in [1.29, 1.82) is 0 Å². The van der Waals surface area contributed by atoms with Crippen LogP contribution in [-0.2, 0) is 0 Å². The lowest BCUT2D eigenvalue weighted by Gasteiger charge is -1.78. The molecule has 0 saturated carbocycles. The molecule has 8 heavy (non-hydrogen) atoms. The van der Waals surface area contributed by atoms with Crippen molar-refractivity contribution in [1.82, 2.24) is 0 Å². The topological polar surface area (TPSA) is 0 Å². The average Bonchev–Trinajstić information content (AvgIpc) is 1.81. The highest BCUT2D eigenvalue weighted by Crippen LogP contribution is 1.87. The Bertz CT molecular complexity index is 78.0. The first-order chi connectivity index (χ1) is 3.91. The molecule has 0 radical (unpaired) electrons. The third kappa shape index (κ3) is 5.48. The molecule has 0 nitrogen and oxygen atoms in total. The summed E-state index contributed by atoms with van der Waals surface area (Å²) in [6.45, 7) is 4.20. The molecule has 0 aromatic carbocycles. The summed E-state index contributed by atoms with van der Waals surface area (Å²) in [5, 5.41) is 0. The van der Waals surface area contributed by atoms with E-state index in [2.05, 4.69) is 25.2 Å². The molecular formula is C8H14. The molecule has 0 heteroatoms. The molecule has 0 spiro atoms. The standard InChI is InChI=1S/C8H14/c1-3-5-7-8-6-4-2/h3,5,7-8H,4,6H2,1-2H3/b5-3+,8-7+. The first-order valence-electron chi connectivity index (χ1n) is 3.19. The molecule has 0 atom stereocenters. The van der Waals surface area contributed by atoms with Crippen LogP contribution in [0.15, 0.2) is 24.3 Å². The lowest BCUT2D eigenvalue weighted by atomic mass is 10.3. The quantitative estimate of drug-likeness (QED) is 0.490. The highest BCUT2D eigenvalue weighted by Gasteiger charge is 1.67. The first kappa shape index (κ1) is 7.48. The fourth-order valence-electron chi connectivity index (χ4n) is 0.453. The van der Waals surface area contributed by atoms with Crippen molar-refractivity contribution in [3.8, 4) is 0 Å². The Labute approximate surface area is 51.9 Å². The Kier molecular flexibility index (Phi) is 6.06. The van der Waals surface area contributed by atoms with Gasteiger partial charge in [0.2, 0.25) is 0 Å². The van der Waals surface area contributed by atoms with Crippen molar-refractivity contribution in [3.63, 3.8) is 0 Å². The second kappa shape index (κ2) is 6.48. The SMILES string of the molecule is C/C=C/C=C/CCC. The summed E-state index contributed by atoms with van der Waals surface area (Å²) >= 11 is 0. The molecule has 0 aliphatic carbocycles. The van der Waals surface area contributed by atoms with E-state index < -0.39 is 0 Å². The van der Waals surface area contributed by atoms with Gasteiger partial charge in [0.1, 0.15) is 0 Å². The van der Waals surface area contributed by atoms with Gasteiger partial charge >= 0.3 is 0 Å². The van der Waals surface area contributed by atoms with E-state index in [0.717, 1.165) is 0 Å². The third-order valence-corrected chi connectivity index (χ3v) is 0.895. The predicted octanol–water partition coefficient (Wildman–Crippen LogP) is 2.92. The van der Waals surface area contributed by atoms with Gasteiger partial charge in [0.15, 0.2) is 0 Å². The van der Waals surface area contributed by atoms with Crippen LogP contribution in [0.5, 0.6) is 0 Å². The minimum atomic E-state index is 1.20. The third-order valence-electron chi connectivity index (χ3n) is 0.895. The number of hydrogen-bond acceptors (Lipinski definition) is 0. The molecule has 0 bridgehead atoms. The van der Waals surface area contributed by atoms with E-state index in [0.29, 0.717) is 0 Å². The van der Waals surface area contributed by atoms with Crippen molar-refractivity contribution in [3.05, 3.63) is 24.3 Å². The number of rotatable bonds is 3. The minimum absolute atomic E-state index is 1.20. The van der Waals surface area contributed by atoms with Crippen LogP contribution in [-0.4, -0.2) is 0 Å². The molecule has 0 heterocycles. The molecule has 0 rings (SSSR count). The minimum Gasteiger partial charge on any atom is -0.0877 e. The van der Waals surface area contributed by atoms with Gasteiger partial charge < -0.3 is 0 Å². The Balaban J connectivity index is 3.07. The van der Waals surface area contributed by atoms with E-state index in [1.165, 1.54) is 12.8 Å². The van der Waals surface area contributed by atoms with E-state index in [1.54, 1.807) is 0 Å². The maximum atomic E-state index is 2.18. The lowest BCUT2D eigenvalue weighted by Crippen LogP contribution is -1.57. The van der Waals surface area contributed by atoms with Crippen molar-refractivity contribution in [2.24, 2.45) is 0 Å². The number of allylic oxidation sites excluding steroid dienone is 4. The molecule has 0 aliphatic heterocycles. The maximum Gasteiger partial charge on any atom is -0.0350 e. The largest absolute Gasteiger partial charge is 0.0877 e. The normalized spacial score (nSPS) is 11.8. The molecular weight excluding hydrogens is 96.1 g/mol. The van der Waals surface area contributed by atoms with Gasteiger partial charge in [-0.1, -0.05) is 37.6 Å². The van der Waals surface area contributed by atoms with E-state index in [4.69, 9.17) is 0 Å². The van der Waals surface area contributed by atoms with Gasteiger partial charge in [0, 0.05) is 0 Å². The molecule has 46 valence electrons. The van der Waals surface area contributed by atoms with Crippen LogP contribution < -0.4 is 0 Å². The fraction of sp³-hybridized carbons (Fsp3) is 0.500. The molecule has 0 aromatic heterocycles. The van der Waals surface area contributed by atoms with Crippen molar-refractivity contribution < 1.29 is 0 Å². The highest BCUT2D eigenvalue weighted by molar-refractivity contribution is 5.00. The van der Waals surface area contributed by atoms with Crippen LogP contribution in [0.4, 0.5) is 0 Å². The van der Waals surface area contributed by atoms with E-state index in [9.17, 15) is 0 Å².